The predicted octanol–water partition coefficient (Wildman–Crippen LogP) is 2.17. The summed E-state index contributed by atoms with van der Waals surface area (Å²) in [6.45, 7) is 7.37. The summed E-state index contributed by atoms with van der Waals surface area (Å²) >= 11 is 0. The Labute approximate surface area is 149 Å². The van der Waals surface area contributed by atoms with Crippen LogP contribution < -0.4 is 4.31 Å². The first kappa shape index (κ1) is 18.2. The highest BCUT2D eigenvalue weighted by molar-refractivity contribution is 7.92. The first-order valence-electron chi connectivity index (χ1n) is 8.84. The average Bonchev–Trinajstić information content (AvgIpc) is 2.54. The second kappa shape index (κ2) is 6.96. The van der Waals surface area contributed by atoms with E-state index in [4.69, 9.17) is 4.74 Å². The molecule has 2 saturated heterocycles. The molecule has 1 aromatic carbocycles. The summed E-state index contributed by atoms with van der Waals surface area (Å²) in [6.07, 6.45) is 1.54. The third-order valence-corrected chi connectivity index (χ3v) is 6.64. The Balaban J connectivity index is 1.90. The lowest BCUT2D eigenvalue weighted by molar-refractivity contribution is -0.0586. The van der Waals surface area contributed by atoms with E-state index in [1.807, 2.05) is 26.8 Å². The van der Waals surface area contributed by atoms with Gasteiger partial charge in [-0.25, -0.2) is 8.42 Å². The maximum Gasteiger partial charge on any atom is 0.254 e. The highest BCUT2D eigenvalue weighted by Crippen LogP contribution is 2.28. The van der Waals surface area contributed by atoms with Crippen LogP contribution >= 0.6 is 0 Å². The Morgan fingerprint density at radius 3 is 2.48 bits per heavy atom. The van der Waals surface area contributed by atoms with Crippen LogP contribution in [0.4, 0.5) is 5.69 Å². The number of rotatable bonds is 2. The Morgan fingerprint density at radius 1 is 1.16 bits per heavy atom. The summed E-state index contributed by atoms with van der Waals surface area (Å²) in [5.74, 6) is 0.0981. The molecule has 0 aliphatic carbocycles. The number of amides is 1. The van der Waals surface area contributed by atoms with E-state index in [2.05, 4.69) is 0 Å². The minimum Gasteiger partial charge on any atom is -0.372 e. The Hall–Kier alpha value is -1.60. The van der Waals surface area contributed by atoms with Crippen LogP contribution in [0, 0.1) is 6.92 Å². The molecule has 1 aromatic rings. The van der Waals surface area contributed by atoms with Gasteiger partial charge in [-0.15, -0.1) is 0 Å². The van der Waals surface area contributed by atoms with Crippen molar-refractivity contribution in [1.82, 2.24) is 4.90 Å². The molecule has 2 atom stereocenters. The van der Waals surface area contributed by atoms with Crippen molar-refractivity contribution < 1.29 is 17.9 Å². The summed E-state index contributed by atoms with van der Waals surface area (Å²) in [6, 6.07) is 5.34. The van der Waals surface area contributed by atoms with Gasteiger partial charge in [0.15, 0.2) is 0 Å². The highest BCUT2D eigenvalue weighted by atomic mass is 32.2. The van der Waals surface area contributed by atoms with Crippen LogP contribution in [0.25, 0.3) is 0 Å². The molecule has 0 spiro atoms. The molecule has 0 N–H and O–H groups in total. The number of morpholine rings is 1. The number of hydrogen-bond donors (Lipinski definition) is 0. The van der Waals surface area contributed by atoms with Crippen molar-refractivity contribution in [2.45, 2.75) is 45.8 Å². The third-order valence-electron chi connectivity index (χ3n) is 4.78. The molecule has 7 heteroatoms. The molecule has 0 aromatic heterocycles. The zero-order chi connectivity index (χ0) is 18.2. The Morgan fingerprint density at radius 2 is 1.84 bits per heavy atom. The molecule has 2 fully saturated rings. The smallest absolute Gasteiger partial charge is 0.254 e. The number of aryl methyl sites for hydroxylation is 1. The molecular formula is C18H26N2O4S. The van der Waals surface area contributed by atoms with Crippen molar-refractivity contribution in [2.75, 3.05) is 29.7 Å². The average molecular weight is 366 g/mol. The number of nitrogens with zero attached hydrogens (tertiary/aromatic N) is 2. The van der Waals surface area contributed by atoms with Gasteiger partial charge in [-0.2, -0.15) is 0 Å². The Bertz CT molecular complexity index is 752. The predicted molar refractivity (Wildman–Crippen MR) is 97.5 cm³/mol. The van der Waals surface area contributed by atoms with Crippen molar-refractivity contribution in [2.24, 2.45) is 0 Å². The van der Waals surface area contributed by atoms with Gasteiger partial charge in [-0.1, -0.05) is 6.07 Å². The quantitative estimate of drug-likeness (QED) is 0.805. The Kier molecular flexibility index (Phi) is 5.06. The van der Waals surface area contributed by atoms with Crippen LogP contribution in [-0.4, -0.2) is 56.8 Å². The monoisotopic (exact) mass is 366 g/mol. The number of sulfonamides is 1. The van der Waals surface area contributed by atoms with Crippen LogP contribution in [0.15, 0.2) is 18.2 Å². The van der Waals surface area contributed by atoms with Crippen molar-refractivity contribution in [3.8, 4) is 0 Å². The minimum atomic E-state index is -3.30. The van der Waals surface area contributed by atoms with Crippen molar-refractivity contribution in [1.29, 1.82) is 0 Å². The second-order valence-corrected chi connectivity index (χ2v) is 9.08. The van der Waals surface area contributed by atoms with Gasteiger partial charge in [0.1, 0.15) is 0 Å². The van der Waals surface area contributed by atoms with Crippen LogP contribution in [0.3, 0.4) is 0 Å². The number of carbonyl (C=O) groups is 1. The number of carbonyl (C=O) groups excluding carboxylic acids is 1. The molecule has 2 aliphatic heterocycles. The van der Waals surface area contributed by atoms with Gasteiger partial charge in [0.2, 0.25) is 10.0 Å². The standard InChI is InChI=1S/C18H26N2O4S/c1-13-6-7-16(18(21)19-11-14(2)24-15(3)12-19)10-17(13)20-8-4-5-9-25(20,22)23/h6-7,10,14-15H,4-5,8-9,11-12H2,1-3H3/t14-,15-/m1/s1. The number of anilines is 1. The second-order valence-electron chi connectivity index (χ2n) is 7.06. The lowest BCUT2D eigenvalue weighted by Crippen LogP contribution is -2.48. The molecule has 0 bridgehead atoms. The van der Waals surface area contributed by atoms with E-state index in [1.165, 1.54) is 4.31 Å². The fourth-order valence-electron chi connectivity index (χ4n) is 3.60. The zero-order valence-electron chi connectivity index (χ0n) is 15.1. The minimum absolute atomic E-state index is 0.0000843. The number of benzene rings is 1. The first-order chi connectivity index (χ1) is 11.8. The molecule has 0 saturated carbocycles. The lowest BCUT2D eigenvalue weighted by atomic mass is 10.1. The van der Waals surface area contributed by atoms with Crippen LogP contribution in [0.5, 0.6) is 0 Å². The fraction of sp³-hybridized carbons (Fsp3) is 0.611. The van der Waals surface area contributed by atoms with Crippen molar-refractivity contribution in [3.05, 3.63) is 29.3 Å². The number of hydrogen-bond acceptors (Lipinski definition) is 4. The third kappa shape index (κ3) is 3.82. The maximum absolute atomic E-state index is 12.9. The van der Waals surface area contributed by atoms with Crippen LogP contribution in [0.1, 0.15) is 42.6 Å². The van der Waals surface area contributed by atoms with E-state index < -0.39 is 10.0 Å². The van der Waals surface area contributed by atoms with Gasteiger partial charge in [-0.3, -0.25) is 9.10 Å². The van der Waals surface area contributed by atoms with Crippen LogP contribution in [-0.2, 0) is 14.8 Å². The van der Waals surface area contributed by atoms with Gasteiger partial charge in [-0.05, 0) is 51.3 Å². The zero-order valence-corrected chi connectivity index (χ0v) is 15.9. The molecule has 2 heterocycles. The normalized spacial score (nSPS) is 26.5. The molecule has 6 nitrogen and oxygen atoms in total. The molecule has 1 amide bonds. The summed E-state index contributed by atoms with van der Waals surface area (Å²) < 4.78 is 32.0. The van der Waals surface area contributed by atoms with Gasteiger partial charge in [0.05, 0.1) is 23.6 Å². The molecule has 2 aliphatic rings. The van der Waals surface area contributed by atoms with Gasteiger partial charge < -0.3 is 9.64 Å². The molecular weight excluding hydrogens is 340 g/mol. The highest BCUT2D eigenvalue weighted by Gasteiger charge is 2.30. The van der Waals surface area contributed by atoms with E-state index in [0.717, 1.165) is 12.0 Å². The summed E-state index contributed by atoms with van der Waals surface area (Å²) in [4.78, 5) is 14.7. The van der Waals surface area contributed by atoms with Gasteiger partial charge in [0.25, 0.3) is 5.91 Å². The van der Waals surface area contributed by atoms with E-state index in [-0.39, 0.29) is 23.9 Å². The molecule has 25 heavy (non-hydrogen) atoms. The molecule has 0 unspecified atom stereocenters. The topological polar surface area (TPSA) is 66.9 Å². The molecule has 138 valence electrons. The molecule has 0 radical (unpaired) electrons. The van der Waals surface area contributed by atoms with Crippen molar-refractivity contribution in [3.63, 3.8) is 0 Å². The van der Waals surface area contributed by atoms with E-state index >= 15 is 0 Å². The van der Waals surface area contributed by atoms with Gasteiger partial charge >= 0.3 is 0 Å². The first-order valence-corrected chi connectivity index (χ1v) is 10.4. The van der Waals surface area contributed by atoms with Gasteiger partial charge in [0, 0.05) is 25.2 Å². The maximum atomic E-state index is 12.9. The lowest BCUT2D eigenvalue weighted by Gasteiger charge is -2.35. The van der Waals surface area contributed by atoms with E-state index in [9.17, 15) is 13.2 Å². The van der Waals surface area contributed by atoms with Crippen LogP contribution in [0.2, 0.25) is 0 Å². The summed E-state index contributed by atoms with van der Waals surface area (Å²) in [7, 11) is -3.30. The van der Waals surface area contributed by atoms with E-state index in [0.29, 0.717) is 37.3 Å². The summed E-state index contributed by atoms with van der Waals surface area (Å²) in [5.41, 5.74) is 2.02. The van der Waals surface area contributed by atoms with Crippen molar-refractivity contribution >= 4 is 21.6 Å². The van der Waals surface area contributed by atoms with E-state index in [1.54, 1.807) is 17.0 Å². The summed E-state index contributed by atoms with van der Waals surface area (Å²) in [5, 5.41) is 0. The number of ether oxygens (including phenoxy) is 1. The largest absolute Gasteiger partial charge is 0.372 e. The SMILES string of the molecule is Cc1ccc(C(=O)N2C[C@@H](C)O[C@H](C)C2)cc1N1CCCCS1(=O)=O. The fourth-order valence-corrected chi connectivity index (χ4v) is 5.29. The molecule has 3 rings (SSSR count).